The van der Waals surface area contributed by atoms with Crippen LogP contribution >= 0.6 is 11.8 Å². The molecule has 0 fully saturated rings. The Morgan fingerprint density at radius 2 is 1.90 bits per heavy atom. The van der Waals surface area contributed by atoms with Gasteiger partial charge in [-0.3, -0.25) is 4.79 Å². The normalized spacial score (nSPS) is 16.7. The minimum atomic E-state index is -0.141. The summed E-state index contributed by atoms with van der Waals surface area (Å²) in [6, 6.07) is 17.9. The first kappa shape index (κ1) is 14.0. The number of anilines is 1. The smallest absolute Gasteiger partial charge is 0.307 e. The van der Waals surface area contributed by atoms with Crippen LogP contribution in [0.3, 0.4) is 0 Å². The molecule has 0 amide bonds. The number of ether oxygens (including phenoxy) is 1. The van der Waals surface area contributed by atoms with Gasteiger partial charge in [0.1, 0.15) is 6.61 Å². The van der Waals surface area contributed by atoms with Crippen LogP contribution in [0.2, 0.25) is 0 Å². The first-order chi connectivity index (χ1) is 10.3. The van der Waals surface area contributed by atoms with E-state index in [0.29, 0.717) is 13.0 Å². The van der Waals surface area contributed by atoms with Crippen molar-refractivity contribution in [1.29, 1.82) is 0 Å². The molecule has 2 aromatic rings. The first-order valence-corrected chi connectivity index (χ1v) is 7.88. The summed E-state index contributed by atoms with van der Waals surface area (Å²) in [4.78, 5) is 13.1. The van der Waals surface area contributed by atoms with Gasteiger partial charge >= 0.3 is 5.97 Å². The van der Waals surface area contributed by atoms with Gasteiger partial charge in [-0.2, -0.15) is 0 Å². The van der Waals surface area contributed by atoms with Crippen LogP contribution in [0.1, 0.15) is 12.0 Å². The monoisotopic (exact) mass is 299 g/mol. The second kappa shape index (κ2) is 6.68. The van der Waals surface area contributed by atoms with Gasteiger partial charge in [0, 0.05) is 22.4 Å². The average Bonchev–Trinajstić information content (AvgIpc) is 2.54. The van der Waals surface area contributed by atoms with E-state index in [4.69, 9.17) is 4.74 Å². The van der Waals surface area contributed by atoms with Gasteiger partial charge < -0.3 is 10.1 Å². The minimum absolute atomic E-state index is 0.141. The van der Waals surface area contributed by atoms with Crippen LogP contribution in [0.5, 0.6) is 0 Å². The lowest BCUT2D eigenvalue weighted by molar-refractivity contribution is -0.144. The number of fused-ring (bicyclic) bond motifs is 1. The molecule has 0 aromatic heterocycles. The SMILES string of the molecule is O=C(CC1CNc2ccccc2S1)OCc1ccccc1. The number of para-hydroxylation sites is 1. The minimum Gasteiger partial charge on any atom is -0.461 e. The van der Waals surface area contributed by atoms with Crippen LogP contribution in [0, 0.1) is 0 Å². The van der Waals surface area contributed by atoms with E-state index in [1.54, 1.807) is 11.8 Å². The lowest BCUT2D eigenvalue weighted by Crippen LogP contribution is -2.24. The molecule has 2 aromatic carbocycles. The number of hydrogen-bond acceptors (Lipinski definition) is 4. The van der Waals surface area contributed by atoms with Crippen LogP contribution in [0.4, 0.5) is 5.69 Å². The molecule has 3 rings (SSSR count). The van der Waals surface area contributed by atoms with E-state index in [2.05, 4.69) is 17.4 Å². The maximum absolute atomic E-state index is 11.9. The number of thioether (sulfide) groups is 1. The largest absolute Gasteiger partial charge is 0.461 e. The summed E-state index contributed by atoms with van der Waals surface area (Å²) in [5.41, 5.74) is 2.17. The van der Waals surface area contributed by atoms with Gasteiger partial charge in [0.2, 0.25) is 0 Å². The Morgan fingerprint density at radius 1 is 1.14 bits per heavy atom. The number of carbonyl (C=O) groups is 1. The van der Waals surface area contributed by atoms with Crippen molar-refractivity contribution in [2.24, 2.45) is 0 Å². The third-order valence-corrected chi connectivity index (χ3v) is 4.61. The van der Waals surface area contributed by atoms with Crippen molar-refractivity contribution < 1.29 is 9.53 Å². The highest BCUT2D eigenvalue weighted by Crippen LogP contribution is 2.35. The van der Waals surface area contributed by atoms with Crippen molar-refractivity contribution in [2.75, 3.05) is 11.9 Å². The van der Waals surface area contributed by atoms with E-state index in [1.807, 2.05) is 42.5 Å². The highest BCUT2D eigenvalue weighted by molar-refractivity contribution is 8.00. The maximum atomic E-state index is 11.9. The van der Waals surface area contributed by atoms with Gasteiger partial charge in [-0.1, -0.05) is 42.5 Å². The van der Waals surface area contributed by atoms with E-state index in [-0.39, 0.29) is 11.2 Å². The molecule has 0 saturated carbocycles. The van der Waals surface area contributed by atoms with Crippen LogP contribution in [0.25, 0.3) is 0 Å². The fourth-order valence-corrected chi connectivity index (χ4v) is 3.43. The molecule has 0 saturated heterocycles. The van der Waals surface area contributed by atoms with Crippen molar-refractivity contribution in [3.63, 3.8) is 0 Å². The molecule has 1 aliphatic heterocycles. The topological polar surface area (TPSA) is 38.3 Å². The molecule has 1 atom stereocenters. The van der Waals surface area contributed by atoms with Crippen molar-refractivity contribution in [1.82, 2.24) is 0 Å². The quantitative estimate of drug-likeness (QED) is 0.874. The molecule has 3 nitrogen and oxygen atoms in total. The molecule has 0 aliphatic carbocycles. The maximum Gasteiger partial charge on any atom is 0.307 e. The van der Waals surface area contributed by atoms with Gasteiger partial charge in [-0.05, 0) is 17.7 Å². The Balaban J connectivity index is 1.50. The Bertz CT molecular complexity index is 615. The number of carbonyl (C=O) groups excluding carboxylic acids is 1. The summed E-state index contributed by atoms with van der Waals surface area (Å²) < 4.78 is 5.34. The molecule has 1 aliphatic rings. The van der Waals surface area contributed by atoms with E-state index in [9.17, 15) is 4.79 Å². The van der Waals surface area contributed by atoms with Crippen molar-refractivity contribution in [3.05, 3.63) is 60.2 Å². The molecule has 108 valence electrons. The van der Waals surface area contributed by atoms with Crippen molar-refractivity contribution in [3.8, 4) is 0 Å². The Morgan fingerprint density at radius 3 is 2.76 bits per heavy atom. The van der Waals surface area contributed by atoms with Gasteiger partial charge in [-0.15, -0.1) is 11.8 Å². The number of esters is 1. The molecule has 21 heavy (non-hydrogen) atoms. The second-order valence-corrected chi connectivity index (χ2v) is 6.31. The molecule has 0 bridgehead atoms. The first-order valence-electron chi connectivity index (χ1n) is 7.00. The molecule has 1 N–H and O–H groups in total. The third-order valence-electron chi connectivity index (χ3n) is 3.34. The lowest BCUT2D eigenvalue weighted by Gasteiger charge is -2.24. The predicted molar refractivity (Wildman–Crippen MR) is 85.4 cm³/mol. The van der Waals surface area contributed by atoms with E-state index in [1.165, 1.54) is 4.90 Å². The number of benzene rings is 2. The fourth-order valence-electron chi connectivity index (χ4n) is 2.26. The summed E-state index contributed by atoms with van der Waals surface area (Å²) in [6.07, 6.45) is 0.429. The molecular weight excluding hydrogens is 282 g/mol. The van der Waals surface area contributed by atoms with Gasteiger partial charge in [0.25, 0.3) is 0 Å². The number of rotatable bonds is 4. The predicted octanol–water partition coefficient (Wildman–Crippen LogP) is 3.71. The molecule has 1 heterocycles. The summed E-state index contributed by atoms with van der Waals surface area (Å²) >= 11 is 1.74. The summed E-state index contributed by atoms with van der Waals surface area (Å²) in [7, 11) is 0. The van der Waals surface area contributed by atoms with E-state index >= 15 is 0 Å². The zero-order chi connectivity index (χ0) is 14.5. The van der Waals surface area contributed by atoms with E-state index in [0.717, 1.165) is 17.8 Å². The van der Waals surface area contributed by atoms with Crippen molar-refractivity contribution in [2.45, 2.75) is 23.2 Å². The zero-order valence-electron chi connectivity index (χ0n) is 11.6. The third kappa shape index (κ3) is 3.79. The van der Waals surface area contributed by atoms with Crippen LogP contribution in [0.15, 0.2) is 59.5 Å². The second-order valence-electron chi connectivity index (χ2n) is 4.97. The zero-order valence-corrected chi connectivity index (χ0v) is 12.4. The van der Waals surface area contributed by atoms with Crippen molar-refractivity contribution >= 4 is 23.4 Å². The van der Waals surface area contributed by atoms with Crippen LogP contribution in [-0.4, -0.2) is 17.8 Å². The molecule has 0 radical (unpaired) electrons. The molecule has 1 unspecified atom stereocenters. The average molecular weight is 299 g/mol. The Kier molecular flexibility index (Phi) is 4.46. The molecule has 4 heteroatoms. The summed E-state index contributed by atoms with van der Waals surface area (Å²) in [5.74, 6) is -0.141. The number of hydrogen-bond donors (Lipinski definition) is 1. The summed E-state index contributed by atoms with van der Waals surface area (Å²) in [6.45, 7) is 1.14. The van der Waals surface area contributed by atoms with Gasteiger partial charge in [0.05, 0.1) is 6.42 Å². The fraction of sp³-hybridized carbons (Fsp3) is 0.235. The van der Waals surface area contributed by atoms with E-state index < -0.39 is 0 Å². The van der Waals surface area contributed by atoms with Gasteiger partial charge in [0.15, 0.2) is 0 Å². The Hall–Kier alpha value is -1.94. The number of nitrogens with one attached hydrogen (secondary N) is 1. The van der Waals surface area contributed by atoms with Crippen LogP contribution < -0.4 is 5.32 Å². The summed E-state index contributed by atoms with van der Waals surface area (Å²) in [5, 5.41) is 3.59. The van der Waals surface area contributed by atoms with Gasteiger partial charge in [-0.25, -0.2) is 0 Å². The molecular formula is C17H17NO2S. The standard InChI is InChI=1S/C17H17NO2S/c19-17(20-12-13-6-2-1-3-7-13)10-14-11-18-15-8-4-5-9-16(15)21-14/h1-9,14,18H,10-12H2. The van der Waals surface area contributed by atoms with Crippen LogP contribution in [-0.2, 0) is 16.1 Å². The lowest BCUT2D eigenvalue weighted by atomic mass is 10.2. The Labute approximate surface area is 128 Å². The molecule has 0 spiro atoms. The highest BCUT2D eigenvalue weighted by Gasteiger charge is 2.21. The highest BCUT2D eigenvalue weighted by atomic mass is 32.2.